The number of rotatable bonds is 7. The lowest BCUT2D eigenvalue weighted by atomic mass is 10.1. The zero-order chi connectivity index (χ0) is 18.0. The van der Waals surface area contributed by atoms with E-state index < -0.39 is 0 Å². The summed E-state index contributed by atoms with van der Waals surface area (Å²) in [5, 5.41) is 11.0. The molecule has 0 aliphatic carbocycles. The zero-order valence-corrected chi connectivity index (χ0v) is 18.3. The highest BCUT2D eigenvalue weighted by Gasteiger charge is 2.09. The Morgan fingerprint density at radius 3 is 2.78 bits per heavy atom. The summed E-state index contributed by atoms with van der Waals surface area (Å²) < 4.78 is 1.76. The number of hydrogen-bond acceptors (Lipinski definition) is 4. The van der Waals surface area contributed by atoms with Gasteiger partial charge in [0.05, 0.1) is 6.54 Å². The fourth-order valence-corrected chi connectivity index (χ4v) is 3.12. The number of aromatic nitrogens is 3. The van der Waals surface area contributed by atoms with Crippen molar-refractivity contribution in [1.82, 2.24) is 30.3 Å². The van der Waals surface area contributed by atoms with E-state index in [0.29, 0.717) is 6.54 Å². The van der Waals surface area contributed by atoms with Crippen molar-refractivity contribution in [2.45, 2.75) is 32.7 Å². The molecule has 0 bridgehead atoms. The van der Waals surface area contributed by atoms with Gasteiger partial charge < -0.3 is 15.5 Å². The van der Waals surface area contributed by atoms with E-state index in [0.717, 1.165) is 37.0 Å². The Morgan fingerprint density at radius 2 is 2.04 bits per heavy atom. The number of guanidine groups is 1. The Kier molecular flexibility index (Phi) is 9.54. The van der Waals surface area contributed by atoms with Crippen LogP contribution in [0.25, 0.3) is 5.82 Å². The molecular weight excluding hydrogens is 453 g/mol. The maximum absolute atomic E-state index is 4.71. The molecule has 1 fully saturated rings. The summed E-state index contributed by atoms with van der Waals surface area (Å²) in [5.74, 6) is 1.67. The van der Waals surface area contributed by atoms with E-state index in [1.807, 2.05) is 24.4 Å². The summed E-state index contributed by atoms with van der Waals surface area (Å²) in [6.45, 7) is 7.99. The minimum atomic E-state index is 0. The second-order valence-electron chi connectivity index (χ2n) is 6.50. The lowest BCUT2D eigenvalue weighted by Crippen LogP contribution is -2.42. The van der Waals surface area contributed by atoms with Crippen molar-refractivity contribution in [2.24, 2.45) is 4.99 Å². The van der Waals surface area contributed by atoms with Gasteiger partial charge in [-0.1, -0.05) is 6.42 Å². The third kappa shape index (κ3) is 7.10. The summed E-state index contributed by atoms with van der Waals surface area (Å²) in [6, 6.07) is 5.91. The Balaban J connectivity index is 0.00000261. The highest BCUT2D eigenvalue weighted by molar-refractivity contribution is 14.0. The molecule has 0 saturated carbocycles. The minimum absolute atomic E-state index is 0. The van der Waals surface area contributed by atoms with Crippen molar-refractivity contribution < 1.29 is 0 Å². The first kappa shape index (κ1) is 21.6. The van der Waals surface area contributed by atoms with Crippen molar-refractivity contribution in [2.75, 3.05) is 32.7 Å². The summed E-state index contributed by atoms with van der Waals surface area (Å²) in [4.78, 5) is 11.6. The molecule has 2 aromatic rings. The van der Waals surface area contributed by atoms with Gasteiger partial charge in [-0.2, -0.15) is 5.10 Å². The number of pyridine rings is 1. The Labute approximate surface area is 178 Å². The van der Waals surface area contributed by atoms with Gasteiger partial charge in [-0.25, -0.2) is 14.7 Å². The first-order valence-electron chi connectivity index (χ1n) is 9.54. The molecule has 3 heterocycles. The molecule has 8 heteroatoms. The average Bonchev–Trinajstić information content (AvgIpc) is 3.22. The quantitative estimate of drug-likeness (QED) is 0.360. The van der Waals surface area contributed by atoms with Crippen LogP contribution in [0.1, 0.15) is 31.7 Å². The van der Waals surface area contributed by atoms with Crippen LogP contribution in [0.4, 0.5) is 0 Å². The third-order valence-electron chi connectivity index (χ3n) is 4.48. The molecule has 2 aromatic heterocycles. The summed E-state index contributed by atoms with van der Waals surface area (Å²) >= 11 is 0. The molecule has 3 rings (SSSR count). The monoisotopic (exact) mass is 483 g/mol. The molecule has 0 unspecified atom stereocenters. The van der Waals surface area contributed by atoms with E-state index in [1.54, 1.807) is 17.1 Å². The smallest absolute Gasteiger partial charge is 0.191 e. The van der Waals surface area contributed by atoms with Gasteiger partial charge in [0.25, 0.3) is 0 Å². The van der Waals surface area contributed by atoms with Crippen LogP contribution in [-0.4, -0.2) is 58.3 Å². The highest BCUT2D eigenvalue weighted by Crippen LogP contribution is 2.08. The number of aliphatic imine (C=N–C) groups is 1. The van der Waals surface area contributed by atoms with E-state index in [1.165, 1.54) is 32.4 Å². The average molecular weight is 483 g/mol. The standard InChI is InChI=1S/C19H29N7.HI/c1-2-20-19(22-10-14-25-11-4-3-5-12-25)23-16-17-7-9-21-18(15-17)26-13-6-8-24-26;/h6-9,13,15H,2-5,10-12,14,16H2,1H3,(H2,20,22,23);1H. The predicted octanol–water partition coefficient (Wildman–Crippen LogP) is 2.43. The van der Waals surface area contributed by atoms with Crippen molar-refractivity contribution in [3.63, 3.8) is 0 Å². The fraction of sp³-hybridized carbons (Fsp3) is 0.526. The molecule has 1 saturated heterocycles. The predicted molar refractivity (Wildman–Crippen MR) is 120 cm³/mol. The van der Waals surface area contributed by atoms with Gasteiger partial charge >= 0.3 is 0 Å². The van der Waals surface area contributed by atoms with Crippen LogP contribution in [0.15, 0.2) is 41.8 Å². The number of likely N-dealkylation sites (tertiary alicyclic amines) is 1. The molecular formula is C19H30IN7. The Hall–Kier alpha value is -1.68. The van der Waals surface area contributed by atoms with Gasteiger partial charge in [-0.3, -0.25) is 0 Å². The molecule has 0 radical (unpaired) electrons. The molecule has 0 amide bonds. The number of piperidine rings is 1. The van der Waals surface area contributed by atoms with Crippen LogP contribution in [0.5, 0.6) is 0 Å². The van der Waals surface area contributed by atoms with Gasteiger partial charge in [-0.05, 0) is 56.6 Å². The van der Waals surface area contributed by atoms with Crippen molar-refractivity contribution in [3.05, 3.63) is 42.4 Å². The maximum Gasteiger partial charge on any atom is 0.191 e. The molecule has 7 nitrogen and oxygen atoms in total. The van der Waals surface area contributed by atoms with Crippen molar-refractivity contribution in [3.8, 4) is 5.82 Å². The molecule has 148 valence electrons. The number of hydrogen-bond donors (Lipinski definition) is 2. The second-order valence-corrected chi connectivity index (χ2v) is 6.50. The molecule has 1 aliphatic rings. The first-order chi connectivity index (χ1) is 12.8. The Morgan fingerprint density at radius 1 is 1.19 bits per heavy atom. The van der Waals surface area contributed by atoms with E-state index in [4.69, 9.17) is 4.99 Å². The highest BCUT2D eigenvalue weighted by atomic mass is 127. The van der Waals surface area contributed by atoms with Gasteiger partial charge in [0.15, 0.2) is 11.8 Å². The van der Waals surface area contributed by atoms with E-state index >= 15 is 0 Å². The number of halogens is 1. The SMILES string of the molecule is CCNC(=NCc1ccnc(-n2cccn2)c1)NCCN1CCCCC1.I. The maximum atomic E-state index is 4.71. The van der Waals surface area contributed by atoms with E-state index in [-0.39, 0.29) is 24.0 Å². The summed E-state index contributed by atoms with van der Waals surface area (Å²) in [7, 11) is 0. The van der Waals surface area contributed by atoms with E-state index in [2.05, 4.69) is 32.5 Å². The third-order valence-corrected chi connectivity index (χ3v) is 4.48. The topological polar surface area (TPSA) is 70.4 Å². The van der Waals surface area contributed by atoms with Crippen molar-refractivity contribution >= 4 is 29.9 Å². The first-order valence-corrected chi connectivity index (χ1v) is 9.54. The molecule has 2 N–H and O–H groups in total. The normalized spacial score (nSPS) is 15.2. The lowest BCUT2D eigenvalue weighted by Gasteiger charge is -2.26. The molecule has 0 spiro atoms. The second kappa shape index (κ2) is 11.9. The van der Waals surface area contributed by atoms with Gasteiger partial charge in [0.2, 0.25) is 0 Å². The van der Waals surface area contributed by atoms with Crippen LogP contribution < -0.4 is 10.6 Å². The van der Waals surface area contributed by atoms with Crippen LogP contribution in [0.2, 0.25) is 0 Å². The van der Waals surface area contributed by atoms with Crippen LogP contribution in [0.3, 0.4) is 0 Å². The number of nitrogens with one attached hydrogen (secondary N) is 2. The molecule has 1 aliphatic heterocycles. The summed E-state index contributed by atoms with van der Waals surface area (Å²) in [5.41, 5.74) is 1.11. The van der Waals surface area contributed by atoms with Crippen molar-refractivity contribution in [1.29, 1.82) is 0 Å². The van der Waals surface area contributed by atoms with Gasteiger partial charge in [0.1, 0.15) is 0 Å². The van der Waals surface area contributed by atoms with E-state index in [9.17, 15) is 0 Å². The molecule has 0 atom stereocenters. The van der Waals surface area contributed by atoms with Gasteiger partial charge in [0, 0.05) is 38.2 Å². The Bertz CT molecular complexity index is 681. The zero-order valence-electron chi connectivity index (χ0n) is 16.0. The van der Waals surface area contributed by atoms with Crippen LogP contribution >= 0.6 is 24.0 Å². The van der Waals surface area contributed by atoms with Crippen LogP contribution in [-0.2, 0) is 6.54 Å². The largest absolute Gasteiger partial charge is 0.357 e. The molecule has 0 aromatic carbocycles. The van der Waals surface area contributed by atoms with Crippen LogP contribution in [0, 0.1) is 0 Å². The number of nitrogens with zero attached hydrogens (tertiary/aromatic N) is 5. The molecule has 27 heavy (non-hydrogen) atoms. The fourth-order valence-electron chi connectivity index (χ4n) is 3.12. The van der Waals surface area contributed by atoms with Gasteiger partial charge in [-0.15, -0.1) is 24.0 Å². The lowest BCUT2D eigenvalue weighted by molar-refractivity contribution is 0.232. The minimum Gasteiger partial charge on any atom is -0.357 e. The summed E-state index contributed by atoms with van der Waals surface area (Å²) in [6.07, 6.45) is 9.48.